The van der Waals surface area contributed by atoms with Crippen molar-refractivity contribution < 1.29 is 133 Å². The molecule has 2 bridgehead atoms. The zero-order valence-electron chi connectivity index (χ0n) is 50.2. The second-order valence-electron chi connectivity index (χ2n) is 29.5. The van der Waals surface area contributed by atoms with Gasteiger partial charge < -0.3 is 129 Å². The first-order valence-electron chi connectivity index (χ1n) is 31.0. The molecule has 0 aromatic heterocycles. The second-order valence-corrected chi connectivity index (χ2v) is 29.5. The minimum Gasteiger partial charge on any atom is -0.479 e. The molecule has 6 aliphatic heterocycles. The number of aliphatic hydroxyl groups excluding tert-OH is 14. The number of aliphatic hydroxyl groups is 14. The van der Waals surface area contributed by atoms with Gasteiger partial charge >= 0.3 is 5.97 Å². The maximum absolute atomic E-state index is 13.3. The summed E-state index contributed by atoms with van der Waals surface area (Å²) in [5, 5.41) is 166. The van der Waals surface area contributed by atoms with Gasteiger partial charge in [-0.15, -0.1) is 0 Å². The van der Waals surface area contributed by atoms with Crippen LogP contribution in [0.4, 0.5) is 0 Å². The van der Waals surface area contributed by atoms with Gasteiger partial charge in [-0.2, -0.15) is 0 Å². The molecule has 86 heavy (non-hydrogen) atoms. The van der Waals surface area contributed by atoms with Crippen LogP contribution in [-0.2, 0) is 56.9 Å². The summed E-state index contributed by atoms with van der Waals surface area (Å²) in [4.78, 5) is 13.3. The summed E-state index contributed by atoms with van der Waals surface area (Å²) in [6.45, 7) is 15.5. The largest absolute Gasteiger partial charge is 0.479 e. The summed E-state index contributed by atoms with van der Waals surface area (Å²) >= 11 is 0. The normalized spacial score (nSPS) is 56.8. The van der Waals surface area contributed by atoms with Crippen LogP contribution in [0.5, 0.6) is 0 Å². The van der Waals surface area contributed by atoms with Crippen molar-refractivity contribution in [1.82, 2.24) is 0 Å². The van der Waals surface area contributed by atoms with E-state index in [1.165, 1.54) is 6.92 Å². The van der Waals surface area contributed by atoms with Crippen LogP contribution < -0.4 is 0 Å². The first-order valence-corrected chi connectivity index (χ1v) is 31.0. The van der Waals surface area contributed by atoms with Gasteiger partial charge in [0.05, 0.1) is 50.3 Å². The lowest BCUT2D eigenvalue weighted by atomic mass is 9.30. The number of aliphatic carboxylic acids is 1. The fourth-order valence-corrected chi connectivity index (χ4v) is 19.1. The average molecular weight is 1240 g/mol. The van der Waals surface area contributed by atoms with Crippen LogP contribution in [0.15, 0.2) is 0 Å². The molecule has 6 saturated heterocycles. The lowest BCUT2D eigenvalue weighted by Gasteiger charge is -2.75. The predicted molar refractivity (Wildman–Crippen MR) is 288 cm³/mol. The van der Waals surface area contributed by atoms with Gasteiger partial charge in [-0.25, -0.2) is 4.79 Å². The molecule has 5 aliphatic carbocycles. The fraction of sp³-hybridized carbons (Fsp3) is 0.983. The van der Waals surface area contributed by atoms with Gasteiger partial charge in [-0.1, -0.05) is 48.5 Å². The molecule has 11 rings (SSSR count). The molecule has 11 fully saturated rings. The van der Waals surface area contributed by atoms with Crippen molar-refractivity contribution in [3.05, 3.63) is 0 Å². The van der Waals surface area contributed by atoms with E-state index in [1.54, 1.807) is 0 Å². The maximum Gasteiger partial charge on any atom is 0.335 e. The zero-order chi connectivity index (χ0) is 62.5. The highest BCUT2D eigenvalue weighted by Gasteiger charge is 2.80. The first kappa shape index (κ1) is 65.9. The van der Waals surface area contributed by atoms with Crippen LogP contribution in [0.2, 0.25) is 0 Å². The van der Waals surface area contributed by atoms with Gasteiger partial charge in [0.25, 0.3) is 0 Å². The van der Waals surface area contributed by atoms with Crippen LogP contribution in [0.3, 0.4) is 0 Å². The van der Waals surface area contributed by atoms with Gasteiger partial charge in [0.2, 0.25) is 0 Å². The van der Waals surface area contributed by atoms with Crippen molar-refractivity contribution in [2.45, 2.75) is 285 Å². The van der Waals surface area contributed by atoms with E-state index in [2.05, 4.69) is 48.5 Å². The summed E-state index contributed by atoms with van der Waals surface area (Å²) < 4.78 is 68.3. The molecular weight excluding hydrogens is 1140 g/mol. The Morgan fingerprint density at radius 1 is 0.512 bits per heavy atom. The maximum atomic E-state index is 13.3. The Balaban J connectivity index is 0.915. The van der Waals surface area contributed by atoms with Gasteiger partial charge in [-0.05, 0) is 111 Å². The zero-order valence-corrected chi connectivity index (χ0v) is 50.2. The molecule has 5 saturated carbocycles. The molecule has 27 nitrogen and oxygen atoms in total. The number of fused-ring (bicyclic) bond motifs is 4. The van der Waals surface area contributed by atoms with Gasteiger partial charge in [-0.3, -0.25) is 0 Å². The molecule has 6 heterocycles. The van der Waals surface area contributed by atoms with E-state index in [0.29, 0.717) is 25.9 Å². The monoisotopic (exact) mass is 1240 g/mol. The van der Waals surface area contributed by atoms with Crippen molar-refractivity contribution in [2.75, 3.05) is 26.4 Å². The third kappa shape index (κ3) is 10.2. The molecule has 11 aliphatic rings. The van der Waals surface area contributed by atoms with Crippen molar-refractivity contribution in [2.24, 2.45) is 50.2 Å². The Labute approximate surface area is 499 Å². The van der Waals surface area contributed by atoms with E-state index in [1.807, 2.05) is 0 Å². The van der Waals surface area contributed by atoms with Crippen molar-refractivity contribution >= 4 is 5.97 Å². The number of carboxylic acid groups (broad SMARTS) is 1. The van der Waals surface area contributed by atoms with Crippen LogP contribution in [0.1, 0.15) is 120 Å². The number of carbonyl (C=O) groups is 1. The molecule has 0 radical (unpaired) electrons. The number of hydrogen-bond donors (Lipinski definition) is 15. The van der Waals surface area contributed by atoms with Gasteiger partial charge in [0.1, 0.15) is 104 Å². The number of ether oxygens (including phenoxy) is 11. The number of carboxylic acids is 1. The summed E-state index contributed by atoms with van der Waals surface area (Å²) in [5.41, 5.74) is -2.22. The molecule has 0 aromatic rings. The predicted octanol–water partition coefficient (Wildman–Crippen LogP) is -2.77. The third-order valence-electron chi connectivity index (χ3n) is 24.3. The number of rotatable bonds is 13. The number of hydrogen-bond acceptors (Lipinski definition) is 26. The minimum atomic E-state index is -2.30. The van der Waals surface area contributed by atoms with E-state index in [4.69, 9.17) is 52.1 Å². The molecule has 34 atom stereocenters. The smallest absolute Gasteiger partial charge is 0.335 e. The highest BCUT2D eigenvalue weighted by Crippen LogP contribution is 2.80. The van der Waals surface area contributed by atoms with Crippen LogP contribution >= 0.6 is 0 Å². The molecular formula is C59H96O27. The SMILES string of the molecule is C[C@@H]1O[C@@H](O[C@H]2[C@H](O[C@H]3[C@H](O)[C@@H](C(=O)O)O[C@@H](O[C@H]4CC[C@]5(C)[C@H]6CC[C@]78OC[C@]9(CCC(C)(C)C[C@H]97)[C@H](O)C[C@@]8(C)[C@]6(C)CC[C@H]5C4(C)C)[C@@H]3O[C@@H]3O[C@H](CO)[C@@H](O[C@@H]4OC[C@@H](O)[C@H](O)[C@H]4O)[C@H](O)[C@H]3O)O[C@H](CO)[C@H](O)[C@@H]2O)[C@H](O)[C@H](O)[C@H]1O. The molecule has 0 amide bonds. The molecule has 15 N–H and O–H groups in total. The second kappa shape index (κ2) is 23.5. The van der Waals surface area contributed by atoms with Crippen LogP contribution in [0.25, 0.3) is 0 Å². The van der Waals surface area contributed by atoms with Crippen LogP contribution in [-0.4, -0.2) is 274 Å². The van der Waals surface area contributed by atoms with E-state index in [-0.39, 0.29) is 44.8 Å². The van der Waals surface area contributed by atoms with E-state index < -0.39 is 196 Å². The lowest BCUT2D eigenvalue weighted by molar-refractivity contribution is -0.409. The van der Waals surface area contributed by atoms with Crippen molar-refractivity contribution in [3.63, 3.8) is 0 Å². The summed E-state index contributed by atoms with van der Waals surface area (Å²) in [7, 11) is 0. The topological polar surface area (TPSA) is 422 Å². The van der Waals surface area contributed by atoms with E-state index in [9.17, 15) is 81.4 Å². The highest BCUT2D eigenvalue weighted by molar-refractivity contribution is 5.73. The quantitative estimate of drug-likeness (QED) is 0.0830. The Morgan fingerprint density at radius 3 is 1.79 bits per heavy atom. The minimum absolute atomic E-state index is 0.0282. The van der Waals surface area contributed by atoms with Crippen molar-refractivity contribution in [1.29, 1.82) is 0 Å². The summed E-state index contributed by atoms with van der Waals surface area (Å²) in [6, 6.07) is 0. The Bertz CT molecular complexity index is 2410. The van der Waals surface area contributed by atoms with Gasteiger partial charge in [0, 0.05) is 10.8 Å². The van der Waals surface area contributed by atoms with Crippen molar-refractivity contribution in [3.8, 4) is 0 Å². The molecule has 27 heteroatoms. The third-order valence-corrected chi connectivity index (χ3v) is 24.3. The first-order chi connectivity index (χ1) is 40.3. The molecule has 0 aromatic carbocycles. The fourth-order valence-electron chi connectivity index (χ4n) is 19.1. The highest BCUT2D eigenvalue weighted by atomic mass is 16.8. The summed E-state index contributed by atoms with van der Waals surface area (Å²) in [6.07, 6.45) is -38.4. The molecule has 1 spiro atoms. The lowest BCUT2D eigenvalue weighted by Crippen LogP contribution is -2.74. The van der Waals surface area contributed by atoms with E-state index >= 15 is 0 Å². The Hall–Kier alpha value is -1.53. The Morgan fingerprint density at radius 2 is 1.10 bits per heavy atom. The molecule has 494 valence electrons. The Kier molecular flexibility index (Phi) is 18.0. The molecule has 0 unspecified atom stereocenters. The van der Waals surface area contributed by atoms with E-state index in [0.717, 1.165) is 44.9 Å². The standard InChI is InChI=1S/C59H96O27/c1-23-32(64)35(67)39(71)49(78-23)85-45-36(68)34(66)25(19-60)79-51(45)83-43-41(73)44(47(74)75)84-52(46(43)86-50-40(72)37(69)42(26(20-61)80-50)82-48-38(70)33(65)24(62)21-76-48)81-31-11-12-55(6)27(54(31,4)5)9-13-56(7)28(55)10-14-59-29-17-53(2,3)15-16-58(29,22-77-59)30(63)18-57(56,59)8/h23-46,48-52,60-73H,9-22H2,1-8H3,(H,74,75)/t23-,24+,25+,26+,27-,28+,29+,30+,31-,32-,33-,34-,35+,36-,37+,38+,39+,40+,41-,42+,43-,44-,45+,46+,48-,49-,50-,51-,52+,55-,56+,57-,58-,59-/m0/s1. The average Bonchev–Trinajstić information content (AvgIpc) is 1.30. The van der Waals surface area contributed by atoms with Crippen LogP contribution in [0, 0.1) is 50.2 Å². The van der Waals surface area contributed by atoms with Gasteiger partial charge in [0.15, 0.2) is 37.6 Å². The summed E-state index contributed by atoms with van der Waals surface area (Å²) in [5.74, 6) is -1.34.